The molecule has 10 heteroatoms. The minimum atomic E-state index is -3.87. The number of hydrogen-bond acceptors (Lipinski definition) is 5. The Morgan fingerprint density at radius 1 is 1.17 bits per heavy atom. The normalized spacial score (nSPS) is 12.2. The third kappa shape index (κ3) is 5.85. The minimum absolute atomic E-state index is 0.0876. The lowest BCUT2D eigenvalue weighted by atomic mass is 10.2. The second-order valence-electron chi connectivity index (χ2n) is 6.12. The van der Waals surface area contributed by atoms with Gasteiger partial charge in [0, 0.05) is 10.7 Å². The molecule has 0 aliphatic rings. The van der Waals surface area contributed by atoms with Gasteiger partial charge in [0.25, 0.3) is 0 Å². The molecule has 0 spiro atoms. The van der Waals surface area contributed by atoms with E-state index in [0.717, 1.165) is 10.6 Å². The Hall–Kier alpha value is -2.29. The van der Waals surface area contributed by atoms with Crippen LogP contribution in [0.25, 0.3) is 0 Å². The summed E-state index contributed by atoms with van der Waals surface area (Å²) in [4.78, 5) is 24.6. The van der Waals surface area contributed by atoms with Crippen LogP contribution in [0.1, 0.15) is 24.2 Å². The van der Waals surface area contributed by atoms with Crippen molar-refractivity contribution in [1.82, 2.24) is 0 Å². The Morgan fingerprint density at radius 2 is 1.86 bits per heavy atom. The Kier molecular flexibility index (Phi) is 7.51. The minimum Gasteiger partial charge on any atom is -0.462 e. The Balaban J connectivity index is 2.32. The van der Waals surface area contributed by atoms with Gasteiger partial charge < -0.3 is 10.1 Å². The average molecular weight is 459 g/mol. The molecule has 0 saturated carbocycles. The first-order chi connectivity index (χ1) is 13.5. The third-order valence-electron chi connectivity index (χ3n) is 3.88. The first kappa shape index (κ1) is 23.0. The fraction of sp³-hybridized carbons (Fsp3) is 0.263. The van der Waals surface area contributed by atoms with E-state index in [1.807, 2.05) is 0 Å². The molecule has 0 heterocycles. The van der Waals surface area contributed by atoms with Crippen molar-refractivity contribution < 1.29 is 22.7 Å². The highest BCUT2D eigenvalue weighted by atomic mass is 35.5. The number of carbonyl (C=O) groups is 2. The first-order valence-electron chi connectivity index (χ1n) is 8.57. The van der Waals surface area contributed by atoms with Crippen LogP contribution in [0.4, 0.5) is 11.4 Å². The molecular weight excluding hydrogens is 439 g/mol. The maximum atomic E-state index is 12.8. The van der Waals surface area contributed by atoms with Gasteiger partial charge >= 0.3 is 5.97 Å². The quantitative estimate of drug-likeness (QED) is 0.633. The molecule has 1 atom stereocenters. The van der Waals surface area contributed by atoms with Crippen LogP contribution >= 0.6 is 23.2 Å². The van der Waals surface area contributed by atoms with Crippen molar-refractivity contribution >= 4 is 56.5 Å². The molecule has 2 aromatic carbocycles. The van der Waals surface area contributed by atoms with E-state index in [-0.39, 0.29) is 27.9 Å². The number of benzene rings is 2. The highest BCUT2D eigenvalue weighted by molar-refractivity contribution is 7.92. The van der Waals surface area contributed by atoms with Crippen molar-refractivity contribution in [2.24, 2.45) is 0 Å². The SMILES string of the molecule is CCOC(=O)c1cccc(NC(=O)C(C)N(c2cc(Cl)ccc2Cl)S(C)(=O)=O)c1. The van der Waals surface area contributed by atoms with Crippen LogP contribution in [-0.4, -0.2) is 39.2 Å². The van der Waals surface area contributed by atoms with Gasteiger partial charge in [-0.05, 0) is 50.2 Å². The summed E-state index contributed by atoms with van der Waals surface area (Å²) in [7, 11) is -3.87. The highest BCUT2D eigenvalue weighted by Crippen LogP contribution is 2.32. The van der Waals surface area contributed by atoms with Crippen LogP contribution in [0, 0.1) is 0 Å². The molecule has 7 nitrogen and oxygen atoms in total. The summed E-state index contributed by atoms with van der Waals surface area (Å²) in [6, 6.07) is 9.33. The molecule has 156 valence electrons. The van der Waals surface area contributed by atoms with Gasteiger partial charge in [0.05, 0.1) is 29.1 Å². The van der Waals surface area contributed by atoms with Crippen molar-refractivity contribution in [1.29, 1.82) is 0 Å². The number of nitrogens with zero attached hydrogens (tertiary/aromatic N) is 1. The van der Waals surface area contributed by atoms with Gasteiger partial charge in [-0.1, -0.05) is 29.3 Å². The lowest BCUT2D eigenvalue weighted by molar-refractivity contribution is -0.116. The van der Waals surface area contributed by atoms with E-state index < -0.39 is 27.9 Å². The summed E-state index contributed by atoms with van der Waals surface area (Å²) in [5.74, 6) is -1.15. The van der Waals surface area contributed by atoms with E-state index in [9.17, 15) is 18.0 Å². The number of carbonyl (C=O) groups excluding carboxylic acids is 2. The van der Waals surface area contributed by atoms with Crippen molar-refractivity contribution in [3.8, 4) is 0 Å². The lowest BCUT2D eigenvalue weighted by Gasteiger charge is -2.29. The van der Waals surface area contributed by atoms with Crippen LogP contribution in [-0.2, 0) is 19.6 Å². The number of rotatable bonds is 7. The highest BCUT2D eigenvalue weighted by Gasteiger charge is 2.31. The van der Waals surface area contributed by atoms with Crippen LogP contribution < -0.4 is 9.62 Å². The summed E-state index contributed by atoms with van der Waals surface area (Å²) in [6.07, 6.45) is 0.968. The molecule has 2 rings (SSSR count). The van der Waals surface area contributed by atoms with Crippen molar-refractivity contribution in [3.63, 3.8) is 0 Å². The van der Waals surface area contributed by atoms with Gasteiger partial charge in [-0.25, -0.2) is 13.2 Å². The number of ether oxygens (including phenoxy) is 1. The maximum absolute atomic E-state index is 12.8. The molecule has 0 saturated heterocycles. The second-order valence-corrected chi connectivity index (χ2v) is 8.82. The molecule has 0 radical (unpaired) electrons. The standard InChI is InChI=1S/C19H20Cl2N2O5S/c1-4-28-19(25)13-6-5-7-15(10-13)22-18(24)12(2)23(29(3,26)27)17-11-14(20)8-9-16(17)21/h5-12H,4H2,1-3H3,(H,22,24). The van der Waals surface area contributed by atoms with Crippen LogP contribution in [0.2, 0.25) is 10.0 Å². The summed E-state index contributed by atoms with van der Waals surface area (Å²) in [5.41, 5.74) is 0.665. The van der Waals surface area contributed by atoms with Gasteiger partial charge in [0.15, 0.2) is 0 Å². The van der Waals surface area contributed by atoms with E-state index in [4.69, 9.17) is 27.9 Å². The number of hydrogen-bond donors (Lipinski definition) is 1. The van der Waals surface area contributed by atoms with Gasteiger partial charge in [0.1, 0.15) is 6.04 Å². The molecule has 0 fully saturated rings. The molecule has 1 N–H and O–H groups in total. The fourth-order valence-electron chi connectivity index (χ4n) is 2.62. The van der Waals surface area contributed by atoms with Crippen LogP contribution in [0.15, 0.2) is 42.5 Å². The summed E-state index contributed by atoms with van der Waals surface area (Å²) < 4.78 is 30.6. The van der Waals surface area contributed by atoms with E-state index in [2.05, 4.69) is 5.32 Å². The van der Waals surface area contributed by atoms with E-state index >= 15 is 0 Å². The Morgan fingerprint density at radius 3 is 2.48 bits per heavy atom. The Bertz CT molecular complexity index is 1030. The third-order valence-corrected chi connectivity index (χ3v) is 5.66. The number of esters is 1. The van der Waals surface area contributed by atoms with E-state index in [1.54, 1.807) is 25.1 Å². The number of nitrogens with one attached hydrogen (secondary N) is 1. The molecule has 0 aliphatic carbocycles. The summed E-state index contributed by atoms with van der Waals surface area (Å²) in [6.45, 7) is 3.32. The van der Waals surface area contributed by atoms with Crippen LogP contribution in [0.3, 0.4) is 0 Å². The molecular formula is C19H20Cl2N2O5S. The molecule has 1 amide bonds. The molecule has 0 aliphatic heterocycles. The number of amides is 1. The molecule has 29 heavy (non-hydrogen) atoms. The average Bonchev–Trinajstić information content (AvgIpc) is 2.64. The number of sulfonamides is 1. The maximum Gasteiger partial charge on any atom is 0.338 e. The predicted molar refractivity (Wildman–Crippen MR) is 114 cm³/mol. The molecule has 0 bridgehead atoms. The van der Waals surface area contributed by atoms with E-state index in [0.29, 0.717) is 5.69 Å². The smallest absolute Gasteiger partial charge is 0.338 e. The predicted octanol–water partition coefficient (Wildman–Crippen LogP) is 3.96. The van der Waals surface area contributed by atoms with Crippen LogP contribution in [0.5, 0.6) is 0 Å². The topological polar surface area (TPSA) is 92.8 Å². The fourth-order valence-corrected chi connectivity index (χ4v) is 4.22. The van der Waals surface area contributed by atoms with Crippen molar-refractivity contribution in [2.45, 2.75) is 19.9 Å². The van der Waals surface area contributed by atoms with Gasteiger partial charge in [-0.15, -0.1) is 0 Å². The van der Waals surface area contributed by atoms with Gasteiger partial charge in [-0.2, -0.15) is 0 Å². The lowest BCUT2D eigenvalue weighted by Crippen LogP contribution is -2.45. The number of anilines is 2. The van der Waals surface area contributed by atoms with Gasteiger partial charge in [-0.3, -0.25) is 9.10 Å². The van der Waals surface area contributed by atoms with E-state index in [1.165, 1.54) is 31.2 Å². The monoisotopic (exact) mass is 458 g/mol. The number of halogens is 2. The second kappa shape index (κ2) is 9.47. The largest absolute Gasteiger partial charge is 0.462 e. The zero-order valence-electron chi connectivity index (χ0n) is 16.0. The summed E-state index contributed by atoms with van der Waals surface area (Å²) >= 11 is 12.1. The molecule has 2 aromatic rings. The van der Waals surface area contributed by atoms with Crippen molar-refractivity contribution in [3.05, 3.63) is 58.1 Å². The first-order valence-corrected chi connectivity index (χ1v) is 11.2. The van der Waals surface area contributed by atoms with Crippen molar-refractivity contribution in [2.75, 3.05) is 22.5 Å². The molecule has 1 unspecified atom stereocenters. The molecule has 0 aromatic heterocycles. The van der Waals surface area contributed by atoms with Gasteiger partial charge in [0.2, 0.25) is 15.9 Å². The Labute approximate surface area is 179 Å². The summed E-state index contributed by atoms with van der Waals surface area (Å²) in [5, 5.41) is 3.01. The zero-order valence-corrected chi connectivity index (χ0v) is 18.3. The zero-order chi connectivity index (χ0) is 21.8.